The Morgan fingerprint density at radius 1 is 1.09 bits per heavy atom. The van der Waals surface area contributed by atoms with E-state index in [1.54, 1.807) is 26.0 Å². The summed E-state index contributed by atoms with van der Waals surface area (Å²) in [6, 6.07) is 7.48. The maximum absolute atomic E-state index is 12.9. The second kappa shape index (κ2) is 4.66. The Kier molecular flexibility index (Phi) is 3.02. The molecule has 2 aromatic carbocycles. The molecule has 0 amide bonds. The van der Waals surface area contributed by atoms with E-state index in [4.69, 9.17) is 4.74 Å². The third kappa shape index (κ3) is 1.89. The average Bonchev–Trinajstić information content (AvgIpc) is 2.48. The number of Topliss-reactive ketones (excluding diaryl/α,β-unsaturated/α-hetero) is 1. The van der Waals surface area contributed by atoms with Gasteiger partial charge in [-0.05, 0) is 31.5 Å². The first-order valence-electron chi connectivity index (χ1n) is 6.87. The van der Waals surface area contributed by atoms with Crippen molar-refractivity contribution in [1.82, 2.24) is 0 Å². The number of fused-ring (bicyclic) bond motifs is 1. The van der Waals surface area contributed by atoms with Gasteiger partial charge >= 0.3 is 0 Å². The molecule has 0 radical (unpaired) electrons. The summed E-state index contributed by atoms with van der Waals surface area (Å²) in [6.45, 7) is 3.45. The molecule has 0 fully saturated rings. The smallest absolute Gasteiger partial charge is 0.184 e. The lowest BCUT2D eigenvalue weighted by atomic mass is 9.74. The van der Waals surface area contributed by atoms with Crippen molar-refractivity contribution in [3.8, 4) is 23.0 Å². The zero-order chi connectivity index (χ0) is 16.1. The zero-order valence-electron chi connectivity index (χ0n) is 12.3. The lowest BCUT2D eigenvalue weighted by Gasteiger charge is -2.34. The Balaban J connectivity index is 2.15. The summed E-state index contributed by atoms with van der Waals surface area (Å²) in [6.07, 6.45) is 0. The fourth-order valence-electron chi connectivity index (χ4n) is 2.73. The van der Waals surface area contributed by atoms with E-state index in [-0.39, 0.29) is 41.0 Å². The molecule has 0 aliphatic carbocycles. The standard InChI is InChI=1S/C17H16O5/c1-9-12(19)7-13(20)14-15(9)22-8-17(2,16(14)21)10-3-5-11(18)6-4-10/h3-7,18-20H,8H2,1-2H3. The molecule has 3 N–H and O–H groups in total. The van der Waals surface area contributed by atoms with Gasteiger partial charge in [0.15, 0.2) is 5.78 Å². The van der Waals surface area contributed by atoms with E-state index in [0.717, 1.165) is 6.07 Å². The van der Waals surface area contributed by atoms with E-state index >= 15 is 0 Å². The van der Waals surface area contributed by atoms with Crippen LogP contribution in [-0.4, -0.2) is 27.7 Å². The van der Waals surface area contributed by atoms with E-state index in [1.807, 2.05) is 0 Å². The molecule has 3 rings (SSSR count). The van der Waals surface area contributed by atoms with Gasteiger partial charge in [0, 0.05) is 11.6 Å². The highest BCUT2D eigenvalue weighted by Gasteiger charge is 2.44. The van der Waals surface area contributed by atoms with Gasteiger partial charge in [0.05, 0.1) is 5.41 Å². The highest BCUT2D eigenvalue weighted by Crippen LogP contribution is 2.45. The molecule has 1 atom stereocenters. The van der Waals surface area contributed by atoms with Crippen LogP contribution in [-0.2, 0) is 5.41 Å². The molecule has 0 aromatic heterocycles. The Morgan fingerprint density at radius 3 is 2.36 bits per heavy atom. The van der Waals surface area contributed by atoms with Crippen LogP contribution in [0, 0.1) is 6.92 Å². The predicted octanol–water partition coefficient (Wildman–Crippen LogP) is 2.64. The molecular weight excluding hydrogens is 284 g/mol. The average molecular weight is 300 g/mol. The molecule has 0 spiro atoms. The van der Waals surface area contributed by atoms with E-state index in [0.29, 0.717) is 11.1 Å². The molecule has 0 saturated heterocycles. The number of hydrogen-bond donors (Lipinski definition) is 3. The van der Waals surface area contributed by atoms with Crippen LogP contribution in [0.3, 0.4) is 0 Å². The molecule has 1 heterocycles. The summed E-state index contributed by atoms with van der Waals surface area (Å²) in [5.41, 5.74) is 0.221. The van der Waals surface area contributed by atoms with Crippen molar-refractivity contribution in [2.75, 3.05) is 6.61 Å². The predicted molar refractivity (Wildman–Crippen MR) is 79.8 cm³/mol. The number of phenolic OH excluding ortho intramolecular Hbond substituents is 3. The van der Waals surface area contributed by atoms with Crippen LogP contribution in [0.15, 0.2) is 30.3 Å². The third-order valence-electron chi connectivity index (χ3n) is 4.22. The molecule has 5 heteroatoms. The number of hydrogen-bond acceptors (Lipinski definition) is 5. The second-order valence-electron chi connectivity index (χ2n) is 5.74. The topological polar surface area (TPSA) is 87.0 Å². The summed E-state index contributed by atoms with van der Waals surface area (Å²) in [5.74, 6) is -0.357. The molecule has 0 bridgehead atoms. The Hall–Kier alpha value is -2.69. The van der Waals surface area contributed by atoms with Crippen LogP contribution >= 0.6 is 0 Å². The first-order chi connectivity index (χ1) is 10.3. The van der Waals surface area contributed by atoms with Crippen molar-refractivity contribution >= 4 is 5.78 Å². The quantitative estimate of drug-likeness (QED) is 0.753. The molecule has 2 aromatic rings. The first-order valence-corrected chi connectivity index (χ1v) is 6.87. The number of aromatic hydroxyl groups is 3. The van der Waals surface area contributed by atoms with Crippen LogP contribution in [0.5, 0.6) is 23.0 Å². The summed E-state index contributed by atoms with van der Waals surface area (Å²) < 4.78 is 5.68. The highest BCUT2D eigenvalue weighted by atomic mass is 16.5. The maximum Gasteiger partial charge on any atom is 0.184 e. The zero-order valence-corrected chi connectivity index (χ0v) is 12.3. The fourth-order valence-corrected chi connectivity index (χ4v) is 2.73. The number of ketones is 1. The number of rotatable bonds is 1. The monoisotopic (exact) mass is 300 g/mol. The largest absolute Gasteiger partial charge is 0.508 e. The minimum Gasteiger partial charge on any atom is -0.508 e. The van der Waals surface area contributed by atoms with E-state index < -0.39 is 5.41 Å². The molecular formula is C17H16O5. The minimum absolute atomic E-state index is 0.0807. The number of carbonyl (C=O) groups excluding carboxylic acids is 1. The van der Waals surface area contributed by atoms with E-state index in [2.05, 4.69) is 0 Å². The van der Waals surface area contributed by atoms with Gasteiger partial charge in [0.1, 0.15) is 35.2 Å². The van der Waals surface area contributed by atoms with E-state index in [9.17, 15) is 20.1 Å². The van der Waals surface area contributed by atoms with Crippen molar-refractivity contribution in [3.63, 3.8) is 0 Å². The summed E-state index contributed by atoms with van der Waals surface area (Å²) in [4.78, 5) is 12.9. The van der Waals surface area contributed by atoms with Crippen LogP contribution in [0.1, 0.15) is 28.4 Å². The number of benzene rings is 2. The number of phenols is 3. The Morgan fingerprint density at radius 2 is 1.73 bits per heavy atom. The number of carbonyl (C=O) groups is 1. The van der Waals surface area contributed by atoms with Crippen molar-refractivity contribution in [3.05, 3.63) is 47.0 Å². The van der Waals surface area contributed by atoms with Gasteiger partial charge in [-0.2, -0.15) is 0 Å². The SMILES string of the molecule is Cc1c(O)cc(O)c2c1OCC(C)(c1ccc(O)cc1)C2=O. The Bertz CT molecular complexity index is 764. The van der Waals surface area contributed by atoms with Gasteiger partial charge in [-0.15, -0.1) is 0 Å². The highest BCUT2D eigenvalue weighted by molar-refractivity contribution is 6.09. The van der Waals surface area contributed by atoms with Crippen molar-refractivity contribution in [2.24, 2.45) is 0 Å². The van der Waals surface area contributed by atoms with Gasteiger partial charge in [-0.25, -0.2) is 0 Å². The van der Waals surface area contributed by atoms with Crippen molar-refractivity contribution < 1.29 is 24.9 Å². The van der Waals surface area contributed by atoms with Gasteiger partial charge in [0.2, 0.25) is 0 Å². The summed E-state index contributed by atoms with van der Waals surface area (Å²) in [7, 11) is 0. The van der Waals surface area contributed by atoms with Crippen LogP contribution in [0.4, 0.5) is 0 Å². The maximum atomic E-state index is 12.9. The minimum atomic E-state index is -0.971. The molecule has 5 nitrogen and oxygen atoms in total. The molecule has 22 heavy (non-hydrogen) atoms. The summed E-state index contributed by atoms with van der Waals surface area (Å²) >= 11 is 0. The molecule has 0 saturated carbocycles. The van der Waals surface area contributed by atoms with Crippen molar-refractivity contribution in [1.29, 1.82) is 0 Å². The van der Waals surface area contributed by atoms with Gasteiger partial charge in [-0.1, -0.05) is 12.1 Å². The van der Waals surface area contributed by atoms with Crippen LogP contribution in [0.25, 0.3) is 0 Å². The van der Waals surface area contributed by atoms with Gasteiger partial charge in [0.25, 0.3) is 0 Å². The molecule has 1 aliphatic heterocycles. The Labute approximate surface area is 127 Å². The van der Waals surface area contributed by atoms with Gasteiger partial charge < -0.3 is 20.1 Å². The molecule has 1 unspecified atom stereocenters. The second-order valence-corrected chi connectivity index (χ2v) is 5.74. The van der Waals surface area contributed by atoms with Gasteiger partial charge in [-0.3, -0.25) is 4.79 Å². The number of ether oxygens (including phenoxy) is 1. The molecule has 1 aliphatic rings. The summed E-state index contributed by atoms with van der Waals surface area (Å²) in [5, 5.41) is 29.2. The first kappa shape index (κ1) is 14.3. The third-order valence-corrected chi connectivity index (χ3v) is 4.22. The normalized spacial score (nSPS) is 20.4. The van der Waals surface area contributed by atoms with E-state index in [1.165, 1.54) is 12.1 Å². The lowest BCUT2D eigenvalue weighted by molar-refractivity contribution is 0.0785. The van der Waals surface area contributed by atoms with Crippen molar-refractivity contribution in [2.45, 2.75) is 19.3 Å². The molecule has 114 valence electrons. The fraction of sp³-hybridized carbons (Fsp3) is 0.235. The lowest BCUT2D eigenvalue weighted by Crippen LogP contribution is -2.42. The van der Waals surface area contributed by atoms with Crippen LogP contribution in [0.2, 0.25) is 0 Å². The van der Waals surface area contributed by atoms with Crippen LogP contribution < -0.4 is 4.74 Å².